The number of fused-ring (bicyclic) bond motifs is 3. The molecule has 2 atom stereocenters. The van der Waals surface area contributed by atoms with Crippen molar-refractivity contribution >= 4 is 11.3 Å². The Morgan fingerprint density at radius 1 is 1.50 bits per heavy atom. The molecule has 1 fully saturated rings. The van der Waals surface area contributed by atoms with E-state index >= 15 is 0 Å². The number of halogens is 1. The molecule has 5 heteroatoms. The van der Waals surface area contributed by atoms with Crippen molar-refractivity contribution in [2.75, 3.05) is 0 Å². The Morgan fingerprint density at radius 3 is 3.05 bits per heavy atom. The highest BCUT2D eigenvalue weighted by Crippen LogP contribution is 2.46. The van der Waals surface area contributed by atoms with Crippen LogP contribution in [-0.2, 0) is 0 Å². The van der Waals surface area contributed by atoms with Crippen LogP contribution in [0, 0.1) is 5.92 Å². The molecule has 0 saturated heterocycles. The zero-order valence-corrected chi connectivity index (χ0v) is 13.5. The molecule has 1 aliphatic heterocycles. The maximum Gasteiger partial charge on any atom is 0.108 e. The Hall–Kier alpha value is -1.20. The van der Waals surface area contributed by atoms with Crippen molar-refractivity contribution < 1.29 is 9.50 Å². The van der Waals surface area contributed by atoms with Crippen molar-refractivity contribution in [3.05, 3.63) is 28.8 Å². The zero-order chi connectivity index (χ0) is 15.3. The van der Waals surface area contributed by atoms with Gasteiger partial charge in [0.25, 0.3) is 0 Å². The van der Waals surface area contributed by atoms with Crippen LogP contribution in [0.5, 0.6) is 0 Å². The van der Waals surface area contributed by atoms with Gasteiger partial charge in [0.2, 0.25) is 0 Å². The minimum Gasteiger partial charge on any atom is -0.393 e. The fraction of sp³-hybridized carbons (Fsp3) is 0.588. The number of imidazole rings is 1. The molecule has 3 nitrogen and oxygen atoms in total. The lowest BCUT2D eigenvalue weighted by atomic mass is 9.77. The van der Waals surface area contributed by atoms with Gasteiger partial charge >= 0.3 is 0 Å². The lowest BCUT2D eigenvalue weighted by molar-refractivity contribution is 0.0262. The summed E-state index contributed by atoms with van der Waals surface area (Å²) in [6, 6.07) is 2.32. The van der Waals surface area contributed by atoms with Crippen LogP contribution in [0.1, 0.15) is 49.9 Å². The first-order valence-corrected chi connectivity index (χ1v) is 8.90. The predicted molar refractivity (Wildman–Crippen MR) is 85.8 cm³/mol. The van der Waals surface area contributed by atoms with Gasteiger partial charge in [-0.1, -0.05) is 0 Å². The van der Waals surface area contributed by atoms with Crippen LogP contribution in [0.2, 0.25) is 0 Å². The third-order valence-corrected chi connectivity index (χ3v) is 6.38. The normalized spacial score (nSPS) is 31.8. The summed E-state index contributed by atoms with van der Waals surface area (Å²) in [5.41, 5.74) is 1.36. The molecule has 3 heterocycles. The highest BCUT2D eigenvalue weighted by atomic mass is 32.1. The number of alkyl halides is 1. The Bertz CT molecular complexity index is 628. The maximum atomic E-state index is 13.9. The lowest BCUT2D eigenvalue weighted by Gasteiger charge is -2.34. The van der Waals surface area contributed by atoms with Crippen LogP contribution in [-0.4, -0.2) is 26.4 Å². The Labute approximate surface area is 133 Å². The first-order chi connectivity index (χ1) is 10.6. The molecule has 0 amide bonds. The summed E-state index contributed by atoms with van der Waals surface area (Å²) in [5, 5.41) is 12.8. The van der Waals surface area contributed by atoms with E-state index in [-0.39, 0.29) is 18.1 Å². The van der Waals surface area contributed by atoms with Crippen molar-refractivity contribution in [2.45, 2.75) is 56.8 Å². The number of thiophene rings is 1. The van der Waals surface area contributed by atoms with Crippen molar-refractivity contribution in [1.82, 2.24) is 9.55 Å². The SMILES string of the molecule is CC1(F)CCC([C@@H](O)C[C@H]2c3sccc3-c3cncn32)CC1. The molecule has 118 valence electrons. The highest BCUT2D eigenvalue weighted by Gasteiger charge is 2.37. The average molecular weight is 320 g/mol. The van der Waals surface area contributed by atoms with E-state index in [0.717, 1.165) is 18.5 Å². The first kappa shape index (κ1) is 14.4. The molecule has 1 N–H and O–H groups in total. The van der Waals surface area contributed by atoms with Crippen molar-refractivity contribution in [3.8, 4) is 11.3 Å². The summed E-state index contributed by atoms with van der Waals surface area (Å²) < 4.78 is 16.1. The Morgan fingerprint density at radius 2 is 2.27 bits per heavy atom. The number of aliphatic hydroxyl groups is 1. The van der Waals surface area contributed by atoms with Gasteiger partial charge in [0, 0.05) is 10.4 Å². The van der Waals surface area contributed by atoms with Crippen LogP contribution in [0.4, 0.5) is 4.39 Å². The van der Waals surface area contributed by atoms with E-state index in [0.29, 0.717) is 19.3 Å². The second-order valence-electron chi connectivity index (χ2n) is 6.95. The van der Waals surface area contributed by atoms with Gasteiger partial charge < -0.3 is 9.67 Å². The van der Waals surface area contributed by atoms with Gasteiger partial charge in [-0.05, 0) is 56.4 Å². The van der Waals surface area contributed by atoms with E-state index < -0.39 is 5.67 Å². The lowest BCUT2D eigenvalue weighted by Crippen LogP contribution is -2.33. The summed E-state index contributed by atoms with van der Waals surface area (Å²) in [6.07, 6.45) is 6.80. The second kappa shape index (κ2) is 5.17. The second-order valence-corrected chi connectivity index (χ2v) is 7.90. The van der Waals surface area contributed by atoms with Gasteiger partial charge in [0.1, 0.15) is 5.67 Å². The van der Waals surface area contributed by atoms with Gasteiger partial charge in [-0.2, -0.15) is 0 Å². The molecule has 0 bridgehead atoms. The van der Waals surface area contributed by atoms with Crippen molar-refractivity contribution in [2.24, 2.45) is 5.92 Å². The van der Waals surface area contributed by atoms with Crippen LogP contribution < -0.4 is 0 Å². The van der Waals surface area contributed by atoms with E-state index in [4.69, 9.17) is 0 Å². The fourth-order valence-corrected chi connectivity index (χ4v) is 4.96. The number of hydrogen-bond acceptors (Lipinski definition) is 3. The molecular weight excluding hydrogens is 299 g/mol. The van der Waals surface area contributed by atoms with Crippen LogP contribution in [0.15, 0.2) is 24.0 Å². The minimum absolute atomic E-state index is 0.182. The van der Waals surface area contributed by atoms with Gasteiger partial charge in [-0.15, -0.1) is 11.3 Å². The molecule has 1 aliphatic carbocycles. The molecule has 0 aromatic carbocycles. The summed E-state index contributed by atoms with van der Waals surface area (Å²) >= 11 is 1.75. The smallest absolute Gasteiger partial charge is 0.108 e. The number of hydrogen-bond donors (Lipinski definition) is 1. The van der Waals surface area contributed by atoms with Crippen LogP contribution >= 0.6 is 11.3 Å². The molecule has 0 radical (unpaired) electrons. The monoisotopic (exact) mass is 320 g/mol. The van der Waals surface area contributed by atoms with Gasteiger partial charge in [-0.3, -0.25) is 0 Å². The highest BCUT2D eigenvalue weighted by molar-refractivity contribution is 7.10. The third kappa shape index (κ3) is 2.31. The molecular formula is C17H21FN2OS. The van der Waals surface area contributed by atoms with Gasteiger partial charge in [0.15, 0.2) is 0 Å². The standard InChI is InChI=1S/C17H21FN2OS/c1-17(18)5-2-11(3-6-17)15(21)8-13-16-12(4-7-22-16)14-9-19-10-20(13)14/h4,7,9-11,13,15,21H,2-3,5-6,8H2,1H3/t11?,13-,15-,17?/m0/s1. The van der Waals surface area contributed by atoms with E-state index in [1.807, 2.05) is 12.5 Å². The first-order valence-electron chi connectivity index (χ1n) is 8.02. The molecule has 1 saturated carbocycles. The summed E-state index contributed by atoms with van der Waals surface area (Å²) in [4.78, 5) is 5.57. The quantitative estimate of drug-likeness (QED) is 0.921. The van der Waals surface area contributed by atoms with E-state index in [1.165, 1.54) is 10.4 Å². The van der Waals surface area contributed by atoms with Crippen molar-refractivity contribution in [1.29, 1.82) is 0 Å². The molecule has 2 aromatic heterocycles. The molecule has 22 heavy (non-hydrogen) atoms. The summed E-state index contributed by atoms with van der Waals surface area (Å²) in [6.45, 7) is 1.68. The largest absolute Gasteiger partial charge is 0.393 e. The van der Waals surface area contributed by atoms with Gasteiger partial charge in [0.05, 0.1) is 30.4 Å². The average Bonchev–Trinajstić information content (AvgIpc) is 3.15. The Balaban J connectivity index is 1.50. The summed E-state index contributed by atoms with van der Waals surface area (Å²) in [5.74, 6) is 0.222. The van der Waals surface area contributed by atoms with Crippen molar-refractivity contribution in [3.63, 3.8) is 0 Å². The topological polar surface area (TPSA) is 38.1 Å². The molecule has 0 unspecified atom stereocenters. The molecule has 2 aliphatic rings. The number of aliphatic hydroxyl groups excluding tert-OH is 1. The molecule has 2 aromatic rings. The number of aromatic nitrogens is 2. The number of rotatable bonds is 3. The van der Waals surface area contributed by atoms with Crippen LogP contribution in [0.3, 0.4) is 0 Å². The molecule has 4 rings (SSSR count). The van der Waals surface area contributed by atoms with Gasteiger partial charge in [-0.25, -0.2) is 9.37 Å². The Kier molecular flexibility index (Phi) is 3.38. The van der Waals surface area contributed by atoms with E-state index in [1.54, 1.807) is 18.3 Å². The van der Waals surface area contributed by atoms with E-state index in [9.17, 15) is 9.50 Å². The number of nitrogens with zero attached hydrogens (tertiary/aromatic N) is 2. The minimum atomic E-state index is -1.04. The van der Waals surface area contributed by atoms with Crippen LogP contribution in [0.25, 0.3) is 11.3 Å². The predicted octanol–water partition coefficient (Wildman–Crippen LogP) is 4.18. The zero-order valence-electron chi connectivity index (χ0n) is 12.7. The molecule has 0 spiro atoms. The maximum absolute atomic E-state index is 13.9. The third-order valence-electron chi connectivity index (χ3n) is 5.36. The summed E-state index contributed by atoms with van der Waals surface area (Å²) in [7, 11) is 0. The van der Waals surface area contributed by atoms with E-state index in [2.05, 4.69) is 21.0 Å². The fourth-order valence-electron chi connectivity index (χ4n) is 3.95.